The van der Waals surface area contributed by atoms with Gasteiger partial charge in [0.15, 0.2) is 6.61 Å². The summed E-state index contributed by atoms with van der Waals surface area (Å²) >= 11 is 0. The van der Waals surface area contributed by atoms with Crippen molar-refractivity contribution in [2.75, 3.05) is 19.7 Å². The lowest BCUT2D eigenvalue weighted by atomic mass is 10.00. The van der Waals surface area contributed by atoms with Crippen molar-refractivity contribution in [2.24, 2.45) is 0 Å². The van der Waals surface area contributed by atoms with Gasteiger partial charge in [0, 0.05) is 25.5 Å². The Morgan fingerprint density at radius 2 is 1.90 bits per heavy atom. The molecule has 4 rings (SSSR count). The van der Waals surface area contributed by atoms with Gasteiger partial charge in [-0.05, 0) is 36.6 Å². The molecule has 0 unspecified atom stereocenters. The number of benzene rings is 1. The van der Waals surface area contributed by atoms with Gasteiger partial charge < -0.3 is 14.1 Å². The van der Waals surface area contributed by atoms with E-state index in [0.717, 1.165) is 12.0 Å². The second-order valence-corrected chi connectivity index (χ2v) is 7.18. The molecule has 0 spiro atoms. The van der Waals surface area contributed by atoms with Gasteiger partial charge >= 0.3 is 5.97 Å². The van der Waals surface area contributed by atoms with Gasteiger partial charge in [-0.25, -0.2) is 4.79 Å². The minimum Gasteiger partial charge on any atom is -0.452 e. The molecule has 7 heteroatoms. The van der Waals surface area contributed by atoms with Gasteiger partial charge in [-0.3, -0.25) is 9.36 Å². The zero-order valence-corrected chi connectivity index (χ0v) is 17.1. The Bertz CT molecular complexity index is 1170. The lowest BCUT2D eigenvalue weighted by Gasteiger charge is -2.26. The molecule has 1 aliphatic heterocycles. The van der Waals surface area contributed by atoms with Crippen LogP contribution in [0.4, 0.5) is 0 Å². The minimum absolute atomic E-state index is 0.0453. The monoisotopic (exact) mass is 415 g/mol. The summed E-state index contributed by atoms with van der Waals surface area (Å²) in [6, 6.07) is 15.6. The molecule has 3 aromatic rings. The Kier molecular flexibility index (Phi) is 5.72. The molecule has 0 aliphatic carbocycles. The summed E-state index contributed by atoms with van der Waals surface area (Å²) in [6.45, 7) is 2.23. The molecule has 0 fully saturated rings. The van der Waals surface area contributed by atoms with Crippen molar-refractivity contribution in [1.82, 2.24) is 9.47 Å². The Hall–Kier alpha value is -4.05. The van der Waals surface area contributed by atoms with E-state index in [4.69, 9.17) is 9.15 Å². The van der Waals surface area contributed by atoms with Gasteiger partial charge in [0.25, 0.3) is 5.91 Å². The number of aromatic nitrogens is 1. The number of aryl methyl sites for hydroxylation is 1. The third-order valence-electron chi connectivity index (χ3n) is 5.25. The van der Waals surface area contributed by atoms with E-state index in [2.05, 4.69) is 0 Å². The predicted molar refractivity (Wildman–Crippen MR) is 113 cm³/mol. The van der Waals surface area contributed by atoms with Gasteiger partial charge in [0.05, 0.1) is 0 Å². The second kappa shape index (κ2) is 8.76. The summed E-state index contributed by atoms with van der Waals surface area (Å²) in [5, 5.41) is 9.55. The molecule has 3 heterocycles. The van der Waals surface area contributed by atoms with E-state index in [-0.39, 0.29) is 35.3 Å². The number of hydrogen-bond donors (Lipinski definition) is 0. The molecule has 2 aromatic heterocycles. The van der Waals surface area contributed by atoms with Crippen LogP contribution < -0.4 is 0 Å². The number of carbonyl (C=O) groups excluding carboxylic acids is 2. The molecule has 0 atom stereocenters. The Labute approximate surface area is 179 Å². The number of nitriles is 1. The second-order valence-electron chi connectivity index (χ2n) is 7.18. The summed E-state index contributed by atoms with van der Waals surface area (Å²) in [5.41, 5.74) is 2.48. The molecular weight excluding hydrogens is 394 g/mol. The molecule has 0 saturated carbocycles. The van der Waals surface area contributed by atoms with Gasteiger partial charge in [0.2, 0.25) is 5.88 Å². The summed E-state index contributed by atoms with van der Waals surface area (Å²) in [6.07, 6.45) is 6.19. The van der Waals surface area contributed by atoms with E-state index in [9.17, 15) is 14.9 Å². The molecule has 0 radical (unpaired) electrons. The van der Waals surface area contributed by atoms with Crippen molar-refractivity contribution >= 4 is 17.4 Å². The molecule has 31 heavy (non-hydrogen) atoms. The summed E-state index contributed by atoms with van der Waals surface area (Å²) in [7, 11) is 0. The highest BCUT2D eigenvalue weighted by Gasteiger charge is 2.27. The average molecular weight is 415 g/mol. The molecule has 156 valence electrons. The zero-order chi connectivity index (χ0) is 21.8. The molecule has 1 amide bonds. The minimum atomic E-state index is -0.748. The highest BCUT2D eigenvalue weighted by Crippen LogP contribution is 2.26. The molecule has 0 N–H and O–H groups in total. The first-order valence-corrected chi connectivity index (χ1v) is 9.94. The average Bonchev–Trinajstić information content (AvgIpc) is 3.45. The standard InChI is InChI=1S/C24H21N3O4/c1-17-22(20(15-25)23(31-17)27-11-5-6-12-27)24(29)30-16-21(28)26-13-9-19(10-14-26)18-7-3-2-4-8-18/h2-9,11-12H,10,13-14,16H2,1H3. The number of hydrogen-bond acceptors (Lipinski definition) is 5. The maximum absolute atomic E-state index is 12.6. The van der Waals surface area contributed by atoms with Crippen molar-refractivity contribution in [2.45, 2.75) is 13.3 Å². The van der Waals surface area contributed by atoms with Crippen LogP contribution in [0.15, 0.2) is 65.4 Å². The Morgan fingerprint density at radius 3 is 2.55 bits per heavy atom. The summed E-state index contributed by atoms with van der Waals surface area (Å²) in [4.78, 5) is 26.8. The highest BCUT2D eigenvalue weighted by atomic mass is 16.5. The summed E-state index contributed by atoms with van der Waals surface area (Å²) in [5.74, 6) is -0.506. The van der Waals surface area contributed by atoms with Gasteiger partial charge in [0.1, 0.15) is 23.0 Å². The number of nitrogens with zero attached hydrogens (tertiary/aromatic N) is 3. The number of rotatable bonds is 5. The van der Waals surface area contributed by atoms with Crippen LogP contribution in [-0.2, 0) is 9.53 Å². The smallest absolute Gasteiger partial charge is 0.343 e. The first kappa shape index (κ1) is 20.2. The Balaban J connectivity index is 1.40. The highest BCUT2D eigenvalue weighted by molar-refractivity contribution is 5.95. The van der Waals surface area contributed by atoms with E-state index in [1.54, 1.807) is 40.9 Å². The van der Waals surface area contributed by atoms with Crippen LogP contribution in [0.25, 0.3) is 11.5 Å². The number of esters is 1. The van der Waals surface area contributed by atoms with Gasteiger partial charge in [-0.15, -0.1) is 0 Å². The van der Waals surface area contributed by atoms with Crippen LogP contribution in [0.3, 0.4) is 0 Å². The maximum atomic E-state index is 12.6. The molecule has 1 aromatic carbocycles. The SMILES string of the molecule is Cc1oc(-n2cccc2)c(C#N)c1C(=O)OCC(=O)N1CC=C(c2ccccc2)CC1. The van der Waals surface area contributed by atoms with Crippen LogP contribution in [0.2, 0.25) is 0 Å². The fourth-order valence-electron chi connectivity index (χ4n) is 3.63. The van der Waals surface area contributed by atoms with Crippen LogP contribution >= 0.6 is 0 Å². The van der Waals surface area contributed by atoms with Crippen LogP contribution in [0, 0.1) is 18.3 Å². The van der Waals surface area contributed by atoms with E-state index in [1.165, 1.54) is 5.57 Å². The maximum Gasteiger partial charge on any atom is 0.343 e. The first-order chi connectivity index (χ1) is 15.1. The van der Waals surface area contributed by atoms with E-state index >= 15 is 0 Å². The lowest BCUT2D eigenvalue weighted by molar-refractivity contribution is -0.134. The van der Waals surface area contributed by atoms with Crippen molar-refractivity contribution in [3.8, 4) is 12.0 Å². The molecule has 7 nitrogen and oxygen atoms in total. The van der Waals surface area contributed by atoms with E-state index in [1.807, 2.05) is 42.5 Å². The third kappa shape index (κ3) is 4.14. The van der Waals surface area contributed by atoms with Crippen LogP contribution in [0.1, 0.15) is 33.7 Å². The van der Waals surface area contributed by atoms with Gasteiger partial charge in [-0.2, -0.15) is 5.26 Å². The fraction of sp³-hybridized carbons (Fsp3) is 0.208. The summed E-state index contributed by atoms with van der Waals surface area (Å²) < 4.78 is 12.5. The van der Waals surface area contributed by atoms with E-state index in [0.29, 0.717) is 13.1 Å². The number of furan rings is 1. The van der Waals surface area contributed by atoms with Gasteiger partial charge in [-0.1, -0.05) is 36.4 Å². The quantitative estimate of drug-likeness (QED) is 0.593. The number of ether oxygens (including phenoxy) is 1. The van der Waals surface area contributed by atoms with Crippen molar-refractivity contribution in [1.29, 1.82) is 5.26 Å². The first-order valence-electron chi connectivity index (χ1n) is 9.94. The predicted octanol–water partition coefficient (Wildman–Crippen LogP) is 3.72. The van der Waals surface area contributed by atoms with Crippen LogP contribution in [-0.4, -0.2) is 41.0 Å². The number of amides is 1. The lowest BCUT2D eigenvalue weighted by Crippen LogP contribution is -2.37. The number of carbonyl (C=O) groups is 2. The molecule has 0 bridgehead atoms. The van der Waals surface area contributed by atoms with Crippen LogP contribution in [0.5, 0.6) is 0 Å². The topological polar surface area (TPSA) is 88.5 Å². The molecular formula is C24H21N3O4. The van der Waals surface area contributed by atoms with Crippen molar-refractivity contribution in [3.05, 3.63) is 83.4 Å². The Morgan fingerprint density at radius 1 is 1.16 bits per heavy atom. The zero-order valence-electron chi connectivity index (χ0n) is 17.1. The van der Waals surface area contributed by atoms with Crippen molar-refractivity contribution in [3.63, 3.8) is 0 Å². The fourth-order valence-corrected chi connectivity index (χ4v) is 3.63. The normalized spacial score (nSPS) is 13.4. The molecule has 0 saturated heterocycles. The third-order valence-corrected chi connectivity index (χ3v) is 5.25. The molecule has 1 aliphatic rings. The van der Waals surface area contributed by atoms with Crippen molar-refractivity contribution < 1.29 is 18.7 Å². The van der Waals surface area contributed by atoms with E-state index < -0.39 is 5.97 Å². The largest absolute Gasteiger partial charge is 0.452 e.